The van der Waals surface area contributed by atoms with E-state index < -0.39 is 6.79 Å². The first-order valence-corrected chi connectivity index (χ1v) is 12.9. The molecule has 0 amide bonds. The van der Waals surface area contributed by atoms with E-state index in [2.05, 4.69) is 89.8 Å². The maximum absolute atomic E-state index is 9.10. The van der Waals surface area contributed by atoms with Crippen molar-refractivity contribution in [3.8, 4) is 26.3 Å². The SMILES string of the molecule is N#CC(=Cc1ccc(-c2ccc(-c3ccc(N(c4ccccc4)c4ccccc4)cc3)s2)s1)OCO. The maximum atomic E-state index is 9.10. The third kappa shape index (κ3) is 5.24. The molecular weight excluding hydrogens is 484 g/mol. The van der Waals surface area contributed by atoms with Crippen LogP contribution in [0.3, 0.4) is 0 Å². The van der Waals surface area contributed by atoms with Gasteiger partial charge in [0, 0.05) is 42.6 Å². The summed E-state index contributed by atoms with van der Waals surface area (Å²) in [4.78, 5) is 6.62. The molecule has 0 atom stereocenters. The Balaban J connectivity index is 1.40. The molecule has 0 radical (unpaired) electrons. The Labute approximate surface area is 218 Å². The van der Waals surface area contributed by atoms with E-state index >= 15 is 0 Å². The van der Waals surface area contributed by atoms with Crippen molar-refractivity contribution in [3.05, 3.63) is 120 Å². The van der Waals surface area contributed by atoms with Crippen LogP contribution in [0.25, 0.3) is 26.3 Å². The molecule has 3 aromatic carbocycles. The molecule has 36 heavy (non-hydrogen) atoms. The van der Waals surface area contributed by atoms with E-state index in [-0.39, 0.29) is 5.76 Å². The smallest absolute Gasteiger partial charge is 0.201 e. The van der Waals surface area contributed by atoms with Crippen molar-refractivity contribution in [1.82, 2.24) is 0 Å². The van der Waals surface area contributed by atoms with Gasteiger partial charge < -0.3 is 14.7 Å². The molecule has 0 bridgehead atoms. The monoisotopic (exact) mass is 506 g/mol. The number of aliphatic hydroxyl groups excluding tert-OH is 1. The van der Waals surface area contributed by atoms with Crippen LogP contribution in [0, 0.1) is 11.3 Å². The molecule has 6 heteroatoms. The van der Waals surface area contributed by atoms with E-state index in [1.165, 1.54) is 4.88 Å². The Morgan fingerprint density at radius 1 is 0.722 bits per heavy atom. The first kappa shape index (κ1) is 23.6. The van der Waals surface area contributed by atoms with Crippen molar-refractivity contribution < 1.29 is 9.84 Å². The average Bonchev–Trinajstić information content (AvgIpc) is 3.60. The van der Waals surface area contributed by atoms with Gasteiger partial charge in [0.25, 0.3) is 0 Å². The van der Waals surface area contributed by atoms with Crippen molar-refractivity contribution in [2.24, 2.45) is 0 Å². The van der Waals surface area contributed by atoms with Gasteiger partial charge in [-0.2, -0.15) is 5.26 Å². The third-order valence-electron chi connectivity index (χ3n) is 5.52. The number of nitrogens with zero attached hydrogens (tertiary/aromatic N) is 2. The zero-order chi connectivity index (χ0) is 24.7. The lowest BCUT2D eigenvalue weighted by Crippen LogP contribution is -2.09. The molecule has 0 fully saturated rings. The molecule has 2 aromatic heterocycles. The topological polar surface area (TPSA) is 56.5 Å². The molecule has 4 nitrogen and oxygen atoms in total. The molecule has 5 rings (SSSR count). The second-order valence-corrected chi connectivity index (χ2v) is 10.0. The highest BCUT2D eigenvalue weighted by atomic mass is 32.1. The van der Waals surface area contributed by atoms with E-state index in [0.717, 1.165) is 37.3 Å². The van der Waals surface area contributed by atoms with Crippen molar-refractivity contribution >= 4 is 45.8 Å². The van der Waals surface area contributed by atoms with Crippen molar-refractivity contribution in [2.75, 3.05) is 11.7 Å². The van der Waals surface area contributed by atoms with Crippen molar-refractivity contribution in [1.29, 1.82) is 5.26 Å². The molecule has 0 saturated heterocycles. The maximum Gasteiger partial charge on any atom is 0.201 e. The fourth-order valence-electron chi connectivity index (χ4n) is 3.87. The average molecular weight is 507 g/mol. The summed E-state index contributed by atoms with van der Waals surface area (Å²) in [5.74, 6) is 0.0953. The minimum absolute atomic E-state index is 0.0953. The minimum atomic E-state index is -0.515. The Bertz CT molecular complexity index is 1460. The van der Waals surface area contributed by atoms with Crippen LogP contribution < -0.4 is 4.90 Å². The first-order valence-electron chi connectivity index (χ1n) is 11.3. The van der Waals surface area contributed by atoms with Gasteiger partial charge in [-0.25, -0.2) is 0 Å². The van der Waals surface area contributed by atoms with E-state index in [4.69, 9.17) is 15.1 Å². The Kier molecular flexibility index (Phi) is 7.25. The Hall–Kier alpha value is -4.15. The van der Waals surface area contributed by atoms with Crippen LogP contribution in [0.5, 0.6) is 0 Å². The number of benzene rings is 3. The predicted octanol–water partition coefficient (Wildman–Crippen LogP) is 8.44. The summed E-state index contributed by atoms with van der Waals surface area (Å²) < 4.78 is 4.92. The van der Waals surface area contributed by atoms with Gasteiger partial charge >= 0.3 is 0 Å². The molecule has 0 aliphatic carbocycles. The highest BCUT2D eigenvalue weighted by molar-refractivity contribution is 7.24. The lowest BCUT2D eigenvalue weighted by atomic mass is 10.1. The zero-order valence-electron chi connectivity index (χ0n) is 19.2. The predicted molar refractivity (Wildman–Crippen MR) is 150 cm³/mol. The Morgan fingerprint density at radius 2 is 1.28 bits per heavy atom. The molecule has 2 heterocycles. The molecule has 0 unspecified atom stereocenters. The molecule has 0 spiro atoms. The van der Waals surface area contributed by atoms with Crippen LogP contribution in [-0.2, 0) is 4.74 Å². The summed E-state index contributed by atoms with van der Waals surface area (Å²) in [7, 11) is 0. The number of hydrogen-bond donors (Lipinski definition) is 1. The van der Waals surface area contributed by atoms with Crippen LogP contribution in [0.15, 0.2) is 115 Å². The number of aliphatic hydroxyl groups is 1. The third-order valence-corrected chi connectivity index (χ3v) is 7.88. The largest absolute Gasteiger partial charge is 0.457 e. The molecule has 0 aliphatic rings. The molecule has 0 aliphatic heterocycles. The Morgan fingerprint density at radius 3 is 1.89 bits per heavy atom. The van der Waals surface area contributed by atoms with Crippen LogP contribution in [0.2, 0.25) is 0 Å². The summed E-state index contributed by atoms with van der Waals surface area (Å²) in [6.07, 6.45) is 1.64. The molecular formula is C30H22N2O2S2. The molecule has 0 saturated carbocycles. The second kappa shape index (κ2) is 11.1. The summed E-state index contributed by atoms with van der Waals surface area (Å²) in [6, 6.07) is 39.6. The van der Waals surface area contributed by atoms with E-state index in [1.54, 1.807) is 28.7 Å². The first-order chi connectivity index (χ1) is 17.7. The zero-order valence-corrected chi connectivity index (χ0v) is 20.9. The lowest BCUT2D eigenvalue weighted by molar-refractivity contribution is 0.0506. The summed E-state index contributed by atoms with van der Waals surface area (Å²) >= 11 is 3.31. The highest BCUT2D eigenvalue weighted by Crippen LogP contribution is 2.40. The van der Waals surface area contributed by atoms with Gasteiger partial charge in [-0.1, -0.05) is 48.5 Å². The van der Waals surface area contributed by atoms with Gasteiger partial charge in [0.15, 0.2) is 6.79 Å². The van der Waals surface area contributed by atoms with Gasteiger partial charge in [-0.05, 0) is 66.2 Å². The fraction of sp³-hybridized carbons (Fsp3) is 0.0333. The second-order valence-electron chi connectivity index (χ2n) is 7.81. The number of ether oxygens (including phenoxy) is 1. The van der Waals surface area contributed by atoms with Crippen LogP contribution in [0.4, 0.5) is 17.1 Å². The number of anilines is 3. The van der Waals surface area contributed by atoms with Gasteiger partial charge in [0.2, 0.25) is 5.76 Å². The quantitative estimate of drug-likeness (QED) is 0.130. The lowest BCUT2D eigenvalue weighted by Gasteiger charge is -2.25. The minimum Gasteiger partial charge on any atom is -0.457 e. The van der Waals surface area contributed by atoms with Gasteiger partial charge in [0.1, 0.15) is 6.07 Å². The number of thiophene rings is 2. The normalized spacial score (nSPS) is 11.2. The van der Waals surface area contributed by atoms with Crippen LogP contribution in [-0.4, -0.2) is 11.9 Å². The number of hydrogen-bond acceptors (Lipinski definition) is 6. The summed E-state index contributed by atoms with van der Waals surface area (Å²) in [5.41, 5.74) is 4.49. The van der Waals surface area contributed by atoms with Gasteiger partial charge in [-0.15, -0.1) is 22.7 Å². The molecule has 5 aromatic rings. The molecule has 176 valence electrons. The van der Waals surface area contributed by atoms with E-state index in [1.807, 2.05) is 30.3 Å². The number of para-hydroxylation sites is 2. The number of allylic oxidation sites excluding steroid dienone is 1. The van der Waals surface area contributed by atoms with Crippen molar-refractivity contribution in [3.63, 3.8) is 0 Å². The van der Waals surface area contributed by atoms with Gasteiger partial charge in [0.05, 0.1) is 0 Å². The molecule has 1 N–H and O–H groups in total. The number of nitriles is 1. The number of rotatable bonds is 8. The highest BCUT2D eigenvalue weighted by Gasteiger charge is 2.13. The fourth-order valence-corrected chi connectivity index (χ4v) is 5.91. The van der Waals surface area contributed by atoms with Crippen LogP contribution >= 0.6 is 22.7 Å². The van der Waals surface area contributed by atoms with E-state index in [0.29, 0.717) is 0 Å². The summed E-state index contributed by atoms with van der Waals surface area (Å²) in [6.45, 7) is -0.515. The van der Waals surface area contributed by atoms with E-state index in [9.17, 15) is 0 Å². The summed E-state index contributed by atoms with van der Waals surface area (Å²) in [5, 5.41) is 18.0. The van der Waals surface area contributed by atoms with Crippen LogP contribution in [0.1, 0.15) is 4.88 Å². The van der Waals surface area contributed by atoms with Gasteiger partial charge in [-0.3, -0.25) is 0 Å². The standard InChI is InChI=1S/C30H22N2O2S2/c31-20-26(34-21-33)19-27-15-16-29(35-27)30-18-17-28(36-30)22-11-13-25(14-12-22)32(23-7-3-1-4-8-23)24-9-5-2-6-10-24/h1-19,33H,21H2. The van der Waals surface area contributed by atoms with Crippen molar-refractivity contribution in [2.45, 2.75) is 0 Å².